The van der Waals surface area contributed by atoms with E-state index in [0.717, 1.165) is 47.0 Å². The maximum atomic E-state index is 13.0. The van der Waals surface area contributed by atoms with Gasteiger partial charge in [0.25, 0.3) is 0 Å². The van der Waals surface area contributed by atoms with Crippen molar-refractivity contribution < 1.29 is 9.53 Å². The molecule has 1 heterocycles. The minimum absolute atomic E-state index is 0.247. The second kappa shape index (κ2) is 6.08. The summed E-state index contributed by atoms with van der Waals surface area (Å²) < 4.78 is 5.79. The van der Waals surface area contributed by atoms with Crippen molar-refractivity contribution in [3.8, 4) is 0 Å². The molecule has 0 radical (unpaired) electrons. The molecule has 0 aliphatic heterocycles. The van der Waals surface area contributed by atoms with E-state index in [1.165, 1.54) is 0 Å². The van der Waals surface area contributed by atoms with Gasteiger partial charge in [-0.25, -0.2) is 4.79 Å². The molecule has 3 nitrogen and oxygen atoms in total. The number of hydrogen-bond acceptors (Lipinski definition) is 3. The number of carbonyl (C=O) groups is 1. The summed E-state index contributed by atoms with van der Waals surface area (Å²) in [6.07, 6.45) is 2.61. The Balaban J connectivity index is 1.74. The minimum Gasteiger partial charge on any atom is -0.454 e. The first-order valence-electron chi connectivity index (χ1n) is 8.40. The molecule has 24 heavy (non-hydrogen) atoms. The third kappa shape index (κ3) is 2.56. The molecule has 120 valence electrons. The average molecular weight is 317 g/mol. The van der Waals surface area contributed by atoms with E-state index < -0.39 is 0 Å². The van der Waals surface area contributed by atoms with Gasteiger partial charge in [-0.05, 0) is 43.4 Å². The Morgan fingerprint density at radius 1 is 1.04 bits per heavy atom. The van der Waals surface area contributed by atoms with Gasteiger partial charge in [-0.15, -0.1) is 0 Å². The van der Waals surface area contributed by atoms with Gasteiger partial charge in [0.2, 0.25) is 0 Å². The predicted molar refractivity (Wildman–Crippen MR) is 94.0 cm³/mol. The van der Waals surface area contributed by atoms with Crippen LogP contribution in [0.4, 0.5) is 0 Å². The molecule has 1 aliphatic rings. The zero-order chi connectivity index (χ0) is 16.5. The molecule has 1 atom stereocenters. The Morgan fingerprint density at radius 2 is 1.79 bits per heavy atom. The molecule has 1 unspecified atom stereocenters. The lowest BCUT2D eigenvalue weighted by Crippen LogP contribution is -2.13. The maximum Gasteiger partial charge on any atom is 0.339 e. The van der Waals surface area contributed by atoms with Crippen LogP contribution < -0.4 is 0 Å². The number of aryl methyl sites for hydroxylation is 1. The summed E-state index contributed by atoms with van der Waals surface area (Å²) in [7, 11) is 0. The summed E-state index contributed by atoms with van der Waals surface area (Å²) >= 11 is 0. The molecule has 0 saturated heterocycles. The zero-order valence-corrected chi connectivity index (χ0v) is 13.7. The summed E-state index contributed by atoms with van der Waals surface area (Å²) in [4.78, 5) is 17.7. The van der Waals surface area contributed by atoms with E-state index in [0.29, 0.717) is 5.56 Å². The maximum absolute atomic E-state index is 13.0. The number of fused-ring (bicyclic) bond motifs is 2. The van der Waals surface area contributed by atoms with E-state index in [-0.39, 0.29) is 12.1 Å². The lowest BCUT2D eigenvalue weighted by molar-refractivity contribution is 0.0339. The van der Waals surface area contributed by atoms with Crippen LogP contribution in [0.15, 0.2) is 54.6 Å². The molecule has 0 bridgehead atoms. The van der Waals surface area contributed by atoms with Crippen molar-refractivity contribution >= 4 is 16.9 Å². The van der Waals surface area contributed by atoms with Crippen molar-refractivity contribution in [1.29, 1.82) is 0 Å². The summed E-state index contributed by atoms with van der Waals surface area (Å²) in [5, 5.41) is 0.892. The summed E-state index contributed by atoms with van der Waals surface area (Å²) in [5.41, 5.74) is 4.70. The predicted octanol–water partition coefficient (Wildman–Crippen LogP) is 4.64. The number of rotatable bonds is 3. The van der Waals surface area contributed by atoms with Gasteiger partial charge in [0, 0.05) is 11.1 Å². The number of esters is 1. The summed E-state index contributed by atoms with van der Waals surface area (Å²) in [6, 6.07) is 17.7. The highest BCUT2D eigenvalue weighted by Crippen LogP contribution is 2.31. The van der Waals surface area contributed by atoms with Crippen LogP contribution in [0.3, 0.4) is 0 Å². The highest BCUT2D eigenvalue weighted by molar-refractivity contribution is 6.05. The monoisotopic (exact) mass is 317 g/mol. The Hall–Kier alpha value is -2.68. The first kappa shape index (κ1) is 14.9. The van der Waals surface area contributed by atoms with E-state index in [2.05, 4.69) is 0 Å². The normalized spacial score (nSPS) is 14.4. The number of nitrogens with zero attached hydrogens (tertiary/aromatic N) is 1. The Bertz CT molecular complexity index is 902. The van der Waals surface area contributed by atoms with Crippen molar-refractivity contribution in [1.82, 2.24) is 4.98 Å². The largest absolute Gasteiger partial charge is 0.454 e. The topological polar surface area (TPSA) is 39.2 Å². The van der Waals surface area contributed by atoms with Gasteiger partial charge in [0.05, 0.1) is 11.1 Å². The smallest absolute Gasteiger partial charge is 0.339 e. The van der Waals surface area contributed by atoms with Crippen LogP contribution >= 0.6 is 0 Å². The molecular weight excluding hydrogens is 298 g/mol. The van der Waals surface area contributed by atoms with Crippen LogP contribution in [0, 0.1) is 0 Å². The number of para-hydroxylation sites is 1. The number of pyridine rings is 1. The van der Waals surface area contributed by atoms with Crippen LogP contribution in [-0.4, -0.2) is 11.0 Å². The molecule has 2 aromatic carbocycles. The van der Waals surface area contributed by atoms with E-state index in [1.807, 2.05) is 61.5 Å². The van der Waals surface area contributed by atoms with E-state index in [1.54, 1.807) is 0 Å². The van der Waals surface area contributed by atoms with E-state index >= 15 is 0 Å². The molecule has 1 aliphatic carbocycles. The molecular formula is C21H19NO2. The van der Waals surface area contributed by atoms with Gasteiger partial charge >= 0.3 is 5.97 Å². The molecule has 4 rings (SSSR count). The first-order chi connectivity index (χ1) is 11.7. The fraction of sp³-hybridized carbons (Fsp3) is 0.238. The minimum atomic E-state index is -0.275. The molecule has 0 spiro atoms. The van der Waals surface area contributed by atoms with Crippen molar-refractivity contribution in [2.75, 3.05) is 0 Å². The molecule has 3 aromatic rings. The SMILES string of the molecule is CC(OC(=O)c1c2c(nc3ccccc13)CCC2)c1ccccc1. The van der Waals surface area contributed by atoms with Crippen molar-refractivity contribution in [2.45, 2.75) is 32.3 Å². The molecule has 0 N–H and O–H groups in total. The van der Waals surface area contributed by atoms with Crippen molar-refractivity contribution in [2.24, 2.45) is 0 Å². The second-order valence-corrected chi connectivity index (χ2v) is 6.24. The number of carbonyl (C=O) groups excluding carboxylic acids is 1. The molecule has 0 saturated carbocycles. The van der Waals surface area contributed by atoms with Gasteiger partial charge in [-0.2, -0.15) is 0 Å². The lowest BCUT2D eigenvalue weighted by atomic mass is 10.0. The van der Waals surface area contributed by atoms with Gasteiger partial charge in [-0.1, -0.05) is 48.5 Å². The van der Waals surface area contributed by atoms with E-state index in [4.69, 9.17) is 9.72 Å². The Labute approximate surface area is 141 Å². The van der Waals surface area contributed by atoms with Gasteiger partial charge in [-0.3, -0.25) is 4.98 Å². The zero-order valence-electron chi connectivity index (χ0n) is 13.7. The summed E-state index contributed by atoms with van der Waals surface area (Å²) in [5.74, 6) is -0.247. The number of hydrogen-bond donors (Lipinski definition) is 0. The Morgan fingerprint density at radius 3 is 2.62 bits per heavy atom. The van der Waals surface area contributed by atoms with E-state index in [9.17, 15) is 4.79 Å². The van der Waals surface area contributed by atoms with Gasteiger partial charge in [0.1, 0.15) is 6.10 Å². The summed E-state index contributed by atoms with van der Waals surface area (Å²) in [6.45, 7) is 1.91. The van der Waals surface area contributed by atoms with Gasteiger partial charge in [0.15, 0.2) is 0 Å². The van der Waals surface area contributed by atoms with Gasteiger partial charge < -0.3 is 4.74 Å². The third-order valence-electron chi connectivity index (χ3n) is 4.68. The molecule has 3 heteroatoms. The molecule has 1 aromatic heterocycles. The number of aromatic nitrogens is 1. The van der Waals surface area contributed by atoms with Crippen LogP contribution in [0.5, 0.6) is 0 Å². The number of benzene rings is 2. The first-order valence-corrected chi connectivity index (χ1v) is 8.40. The quantitative estimate of drug-likeness (QED) is 0.661. The standard InChI is InChI=1S/C21H19NO2/c1-14(15-8-3-2-4-9-15)24-21(23)20-16-10-5-6-12-18(16)22-19-13-7-11-17(19)20/h2-6,8-10,12,14H,7,11,13H2,1H3. The van der Waals surface area contributed by atoms with Crippen LogP contribution in [0.1, 0.15) is 46.6 Å². The molecule has 0 fully saturated rings. The third-order valence-corrected chi connectivity index (χ3v) is 4.68. The van der Waals surface area contributed by atoms with Crippen molar-refractivity contribution in [3.05, 3.63) is 77.0 Å². The van der Waals surface area contributed by atoms with Crippen LogP contribution in [-0.2, 0) is 17.6 Å². The fourth-order valence-corrected chi connectivity index (χ4v) is 3.46. The fourth-order valence-electron chi connectivity index (χ4n) is 3.46. The highest BCUT2D eigenvalue weighted by atomic mass is 16.5. The number of ether oxygens (including phenoxy) is 1. The highest BCUT2D eigenvalue weighted by Gasteiger charge is 2.25. The van der Waals surface area contributed by atoms with Crippen molar-refractivity contribution in [3.63, 3.8) is 0 Å². The van der Waals surface area contributed by atoms with Crippen LogP contribution in [0.25, 0.3) is 10.9 Å². The van der Waals surface area contributed by atoms with Crippen LogP contribution in [0.2, 0.25) is 0 Å². The average Bonchev–Trinajstić information content (AvgIpc) is 3.08. The second-order valence-electron chi connectivity index (χ2n) is 6.24. The lowest BCUT2D eigenvalue weighted by Gasteiger charge is -2.16. The Kier molecular flexibility index (Phi) is 3.77. The molecule has 0 amide bonds.